The fourth-order valence-electron chi connectivity index (χ4n) is 1.03. The molecular formula is C10H17N3O2S. The van der Waals surface area contributed by atoms with E-state index < -0.39 is 10.8 Å². The normalized spacial score (nSPS) is 14.2. The van der Waals surface area contributed by atoms with E-state index in [0.717, 1.165) is 0 Å². The van der Waals surface area contributed by atoms with Gasteiger partial charge in [-0.3, -0.25) is 4.21 Å². The lowest BCUT2D eigenvalue weighted by molar-refractivity contribution is 0.326. The average Bonchev–Trinajstić information content (AvgIpc) is 2.26. The standard InChI is InChI=1S/C10H17N3O2S/c1-4-15-10-5-9(12-7-13-10)11-6-8(2)16(3)14/h5,7-8H,4,6H2,1-3H3,(H,11,12,13)/t8-,16-/m0/s1. The fraction of sp³-hybridized carbons (Fsp3) is 0.600. The number of hydrogen-bond donors (Lipinski definition) is 1. The molecule has 0 spiro atoms. The summed E-state index contributed by atoms with van der Waals surface area (Å²) in [6.07, 6.45) is 3.14. The molecule has 0 radical (unpaired) electrons. The van der Waals surface area contributed by atoms with E-state index in [9.17, 15) is 4.21 Å². The fourth-order valence-corrected chi connectivity index (χ4v) is 1.35. The number of ether oxygens (including phenoxy) is 1. The van der Waals surface area contributed by atoms with E-state index in [0.29, 0.717) is 24.8 Å². The van der Waals surface area contributed by atoms with Gasteiger partial charge in [-0.2, -0.15) is 0 Å². The minimum absolute atomic E-state index is 0.0884. The zero-order chi connectivity index (χ0) is 12.0. The van der Waals surface area contributed by atoms with Crippen molar-refractivity contribution in [3.63, 3.8) is 0 Å². The van der Waals surface area contributed by atoms with Gasteiger partial charge in [-0.05, 0) is 13.8 Å². The lowest BCUT2D eigenvalue weighted by Crippen LogP contribution is -2.21. The summed E-state index contributed by atoms with van der Waals surface area (Å²) in [7, 11) is -0.830. The Balaban J connectivity index is 2.53. The number of nitrogens with zero attached hydrogens (tertiary/aromatic N) is 2. The van der Waals surface area contributed by atoms with Crippen molar-refractivity contribution in [2.75, 3.05) is 24.7 Å². The Morgan fingerprint density at radius 1 is 1.56 bits per heavy atom. The van der Waals surface area contributed by atoms with Crippen molar-refractivity contribution >= 4 is 16.6 Å². The number of rotatable bonds is 6. The minimum Gasteiger partial charge on any atom is -0.478 e. The third kappa shape index (κ3) is 4.14. The highest BCUT2D eigenvalue weighted by molar-refractivity contribution is 7.84. The second-order valence-corrected chi connectivity index (χ2v) is 5.17. The Morgan fingerprint density at radius 2 is 2.31 bits per heavy atom. The smallest absolute Gasteiger partial charge is 0.218 e. The Bertz CT molecular complexity index is 360. The molecule has 0 amide bonds. The Morgan fingerprint density at radius 3 is 2.94 bits per heavy atom. The molecule has 0 bridgehead atoms. The molecule has 0 aromatic carbocycles. The number of hydrogen-bond acceptors (Lipinski definition) is 5. The number of anilines is 1. The molecular weight excluding hydrogens is 226 g/mol. The Hall–Kier alpha value is -1.17. The van der Waals surface area contributed by atoms with Gasteiger partial charge in [-0.15, -0.1) is 0 Å². The van der Waals surface area contributed by atoms with E-state index in [4.69, 9.17) is 4.74 Å². The van der Waals surface area contributed by atoms with Crippen LogP contribution in [0.5, 0.6) is 5.88 Å². The van der Waals surface area contributed by atoms with Gasteiger partial charge in [0, 0.05) is 34.9 Å². The van der Waals surface area contributed by atoms with Crippen LogP contribution in [0.4, 0.5) is 5.82 Å². The second-order valence-electron chi connectivity index (χ2n) is 3.36. The molecule has 0 unspecified atom stereocenters. The summed E-state index contributed by atoms with van der Waals surface area (Å²) in [5, 5.41) is 3.19. The number of aromatic nitrogens is 2. The lowest BCUT2D eigenvalue weighted by atomic mass is 10.4. The zero-order valence-corrected chi connectivity index (χ0v) is 10.6. The monoisotopic (exact) mass is 243 g/mol. The highest BCUT2D eigenvalue weighted by Gasteiger charge is 2.06. The van der Waals surface area contributed by atoms with E-state index in [-0.39, 0.29) is 5.25 Å². The van der Waals surface area contributed by atoms with E-state index in [1.54, 1.807) is 12.3 Å². The maximum Gasteiger partial charge on any atom is 0.218 e. The summed E-state index contributed by atoms with van der Waals surface area (Å²) in [6.45, 7) is 5.02. The first-order chi connectivity index (χ1) is 7.63. The molecule has 0 aliphatic rings. The van der Waals surface area contributed by atoms with Crippen molar-refractivity contribution in [1.82, 2.24) is 9.97 Å². The van der Waals surface area contributed by atoms with E-state index >= 15 is 0 Å². The first kappa shape index (κ1) is 12.9. The van der Waals surface area contributed by atoms with E-state index in [1.165, 1.54) is 6.33 Å². The predicted octanol–water partition coefficient (Wildman–Crippen LogP) is 1.05. The minimum atomic E-state index is -0.830. The summed E-state index contributed by atoms with van der Waals surface area (Å²) >= 11 is 0. The van der Waals surface area contributed by atoms with Crippen LogP contribution < -0.4 is 10.1 Å². The van der Waals surface area contributed by atoms with Crippen molar-refractivity contribution in [2.24, 2.45) is 0 Å². The van der Waals surface area contributed by atoms with Gasteiger partial charge < -0.3 is 10.1 Å². The van der Waals surface area contributed by atoms with Crippen LogP contribution in [0.15, 0.2) is 12.4 Å². The number of nitrogens with one attached hydrogen (secondary N) is 1. The molecule has 0 aliphatic heterocycles. The summed E-state index contributed by atoms with van der Waals surface area (Å²) in [4.78, 5) is 8.01. The van der Waals surface area contributed by atoms with Crippen molar-refractivity contribution in [2.45, 2.75) is 19.1 Å². The highest BCUT2D eigenvalue weighted by atomic mass is 32.2. The molecule has 16 heavy (non-hydrogen) atoms. The largest absolute Gasteiger partial charge is 0.478 e. The topological polar surface area (TPSA) is 64.1 Å². The summed E-state index contributed by atoms with van der Waals surface area (Å²) in [5.41, 5.74) is 0. The van der Waals surface area contributed by atoms with Crippen LogP contribution in [-0.2, 0) is 10.8 Å². The third-order valence-corrected chi connectivity index (χ3v) is 3.37. The molecule has 1 N–H and O–H groups in total. The molecule has 2 atom stereocenters. The Kier molecular flexibility index (Phi) is 5.18. The van der Waals surface area contributed by atoms with Gasteiger partial charge in [0.1, 0.15) is 12.1 Å². The molecule has 1 aromatic heterocycles. The van der Waals surface area contributed by atoms with E-state index in [1.807, 2.05) is 13.8 Å². The van der Waals surface area contributed by atoms with Crippen molar-refractivity contribution in [1.29, 1.82) is 0 Å². The SMILES string of the molecule is CCOc1cc(NC[C@H](C)[S@](C)=O)ncn1. The first-order valence-electron chi connectivity index (χ1n) is 5.14. The van der Waals surface area contributed by atoms with Crippen LogP contribution in [0, 0.1) is 0 Å². The van der Waals surface area contributed by atoms with Gasteiger partial charge >= 0.3 is 0 Å². The summed E-state index contributed by atoms with van der Waals surface area (Å²) in [5.74, 6) is 1.24. The van der Waals surface area contributed by atoms with Crippen molar-refractivity contribution in [3.05, 3.63) is 12.4 Å². The van der Waals surface area contributed by atoms with Crippen LogP contribution in [0.1, 0.15) is 13.8 Å². The average molecular weight is 243 g/mol. The van der Waals surface area contributed by atoms with Gasteiger partial charge in [-0.1, -0.05) is 0 Å². The quantitative estimate of drug-likeness (QED) is 0.809. The lowest BCUT2D eigenvalue weighted by Gasteiger charge is -2.10. The molecule has 1 rings (SSSR count). The molecule has 1 heterocycles. The van der Waals surface area contributed by atoms with Crippen LogP contribution in [0.2, 0.25) is 0 Å². The Labute approximate surface area is 98.1 Å². The first-order valence-corrected chi connectivity index (χ1v) is 6.76. The molecule has 6 heteroatoms. The van der Waals surface area contributed by atoms with E-state index in [2.05, 4.69) is 15.3 Å². The molecule has 0 saturated carbocycles. The molecule has 5 nitrogen and oxygen atoms in total. The zero-order valence-electron chi connectivity index (χ0n) is 9.77. The van der Waals surface area contributed by atoms with Crippen LogP contribution in [0.25, 0.3) is 0 Å². The maximum absolute atomic E-state index is 11.1. The maximum atomic E-state index is 11.1. The van der Waals surface area contributed by atoms with Crippen LogP contribution in [-0.4, -0.2) is 38.8 Å². The summed E-state index contributed by atoms with van der Waals surface area (Å²) < 4.78 is 16.4. The summed E-state index contributed by atoms with van der Waals surface area (Å²) in [6, 6.07) is 1.73. The second kappa shape index (κ2) is 6.42. The van der Waals surface area contributed by atoms with Gasteiger partial charge in [-0.25, -0.2) is 9.97 Å². The van der Waals surface area contributed by atoms with Gasteiger partial charge in [0.2, 0.25) is 5.88 Å². The molecule has 90 valence electrons. The molecule has 0 saturated heterocycles. The molecule has 1 aromatic rings. The third-order valence-electron chi connectivity index (χ3n) is 2.07. The van der Waals surface area contributed by atoms with Crippen molar-refractivity contribution in [3.8, 4) is 5.88 Å². The highest BCUT2D eigenvalue weighted by Crippen LogP contribution is 2.10. The van der Waals surface area contributed by atoms with Crippen LogP contribution in [0.3, 0.4) is 0 Å². The van der Waals surface area contributed by atoms with Gasteiger partial charge in [0.15, 0.2) is 0 Å². The van der Waals surface area contributed by atoms with Crippen LogP contribution >= 0.6 is 0 Å². The van der Waals surface area contributed by atoms with Gasteiger partial charge in [0.25, 0.3) is 0 Å². The molecule has 0 aliphatic carbocycles. The molecule has 0 fully saturated rings. The van der Waals surface area contributed by atoms with Gasteiger partial charge in [0.05, 0.1) is 6.61 Å². The predicted molar refractivity (Wildman–Crippen MR) is 65.2 cm³/mol. The van der Waals surface area contributed by atoms with Crippen molar-refractivity contribution < 1.29 is 8.95 Å².